The average Bonchev–Trinajstić information content (AvgIpc) is 2.94. The number of thioether (sulfide) groups is 1. The summed E-state index contributed by atoms with van der Waals surface area (Å²) in [6.45, 7) is 4.83. The Labute approximate surface area is 211 Å². The molecule has 0 bridgehead atoms. The first-order valence-corrected chi connectivity index (χ1v) is 14.0. The van der Waals surface area contributed by atoms with Crippen LogP contribution in [0.5, 0.6) is 5.75 Å². The number of benzene rings is 2. The van der Waals surface area contributed by atoms with Gasteiger partial charge in [0.2, 0.25) is 21.8 Å². The number of amides is 2. The molecule has 2 aromatic rings. The van der Waals surface area contributed by atoms with Gasteiger partial charge in [0.05, 0.1) is 17.7 Å². The van der Waals surface area contributed by atoms with Crippen molar-refractivity contribution in [2.45, 2.75) is 48.2 Å². The van der Waals surface area contributed by atoms with E-state index < -0.39 is 10.0 Å². The Morgan fingerprint density at radius 1 is 1.14 bits per heavy atom. The summed E-state index contributed by atoms with van der Waals surface area (Å²) in [7, 11) is -2.15. The van der Waals surface area contributed by atoms with E-state index in [2.05, 4.69) is 12.2 Å². The zero-order valence-electron chi connectivity index (χ0n) is 20.2. The van der Waals surface area contributed by atoms with Crippen LogP contribution in [0, 0.1) is 5.92 Å². The zero-order chi connectivity index (χ0) is 25.2. The molecule has 2 aliphatic heterocycles. The van der Waals surface area contributed by atoms with Crippen molar-refractivity contribution in [3.63, 3.8) is 0 Å². The summed E-state index contributed by atoms with van der Waals surface area (Å²) in [5.74, 6) is 0.509. The Morgan fingerprint density at radius 2 is 1.89 bits per heavy atom. The van der Waals surface area contributed by atoms with Crippen molar-refractivity contribution in [2.75, 3.05) is 37.0 Å². The van der Waals surface area contributed by atoms with Crippen molar-refractivity contribution < 1.29 is 22.7 Å². The molecule has 0 spiro atoms. The van der Waals surface area contributed by atoms with E-state index in [1.165, 1.54) is 21.0 Å². The third-order valence-electron chi connectivity index (χ3n) is 6.35. The lowest BCUT2D eigenvalue weighted by Gasteiger charge is -2.30. The summed E-state index contributed by atoms with van der Waals surface area (Å²) in [5, 5.41) is 2.80. The normalized spacial score (nSPS) is 19.7. The quantitative estimate of drug-likeness (QED) is 0.623. The number of hydrogen-bond acceptors (Lipinski definition) is 6. The van der Waals surface area contributed by atoms with Crippen LogP contribution in [0.1, 0.15) is 33.1 Å². The number of hydrogen-bond donors (Lipinski definition) is 1. The molecule has 2 amide bonds. The van der Waals surface area contributed by atoms with E-state index in [4.69, 9.17) is 4.74 Å². The van der Waals surface area contributed by atoms with Crippen molar-refractivity contribution in [3.8, 4) is 5.75 Å². The summed E-state index contributed by atoms with van der Waals surface area (Å²) >= 11 is 1.51. The summed E-state index contributed by atoms with van der Waals surface area (Å²) in [4.78, 5) is 28.4. The molecule has 188 valence electrons. The van der Waals surface area contributed by atoms with Crippen molar-refractivity contribution in [1.82, 2.24) is 4.31 Å². The van der Waals surface area contributed by atoms with Gasteiger partial charge < -0.3 is 15.0 Å². The molecule has 1 N–H and O–H groups in total. The molecule has 1 saturated heterocycles. The number of ether oxygens (including phenoxy) is 1. The lowest BCUT2D eigenvalue weighted by molar-refractivity contribution is -0.121. The van der Waals surface area contributed by atoms with Crippen LogP contribution in [0.15, 0.2) is 52.3 Å². The molecule has 2 heterocycles. The van der Waals surface area contributed by atoms with Gasteiger partial charge in [-0.05, 0) is 49.1 Å². The van der Waals surface area contributed by atoms with Crippen LogP contribution in [0.3, 0.4) is 0 Å². The molecule has 2 aliphatic rings. The largest absolute Gasteiger partial charge is 0.497 e. The summed E-state index contributed by atoms with van der Waals surface area (Å²) < 4.78 is 33.4. The van der Waals surface area contributed by atoms with Gasteiger partial charge in [-0.3, -0.25) is 9.59 Å². The highest BCUT2D eigenvalue weighted by molar-refractivity contribution is 8.00. The molecule has 1 atom stereocenters. The number of carbonyl (C=O) groups excluding carboxylic acids is 2. The molecule has 4 rings (SSSR count). The number of piperidine rings is 1. The molecule has 0 aromatic heterocycles. The highest BCUT2D eigenvalue weighted by atomic mass is 32.2. The number of nitrogens with zero attached hydrogens (tertiary/aromatic N) is 2. The molecule has 2 aromatic carbocycles. The minimum Gasteiger partial charge on any atom is -0.497 e. The lowest BCUT2D eigenvalue weighted by Crippen LogP contribution is -2.39. The molecular weight excluding hydrogens is 486 g/mol. The van der Waals surface area contributed by atoms with Crippen LogP contribution in [-0.4, -0.2) is 56.5 Å². The zero-order valence-corrected chi connectivity index (χ0v) is 21.8. The van der Waals surface area contributed by atoms with Gasteiger partial charge in [-0.1, -0.05) is 19.9 Å². The van der Waals surface area contributed by atoms with Crippen molar-refractivity contribution in [3.05, 3.63) is 42.5 Å². The van der Waals surface area contributed by atoms with Gasteiger partial charge in [0.15, 0.2) is 0 Å². The minimum atomic E-state index is -3.70. The van der Waals surface area contributed by atoms with Gasteiger partial charge in [0.1, 0.15) is 12.3 Å². The molecule has 0 unspecified atom stereocenters. The van der Waals surface area contributed by atoms with Crippen LogP contribution in [0.2, 0.25) is 0 Å². The van der Waals surface area contributed by atoms with Gasteiger partial charge in [-0.25, -0.2) is 8.42 Å². The maximum absolute atomic E-state index is 13.4. The van der Waals surface area contributed by atoms with E-state index >= 15 is 0 Å². The van der Waals surface area contributed by atoms with Crippen LogP contribution < -0.4 is 15.0 Å². The standard InChI is InChI=1S/C25H31N3O5S2/c1-17-9-11-27(12-10-17)35(31,32)21-7-8-23-22(15-21)28(25(30)13-18(2)34-23)16-24(29)26-19-5-4-6-20(14-19)33-3/h4-8,14-15,17-18H,9-13,16H2,1-3H3,(H,26,29)/t18-/m1/s1. The van der Waals surface area contributed by atoms with E-state index in [9.17, 15) is 18.0 Å². The number of nitrogens with one attached hydrogen (secondary N) is 1. The molecule has 0 saturated carbocycles. The lowest BCUT2D eigenvalue weighted by atomic mass is 10.0. The summed E-state index contributed by atoms with van der Waals surface area (Å²) in [6.07, 6.45) is 1.90. The van der Waals surface area contributed by atoms with E-state index in [0.717, 1.165) is 17.7 Å². The third kappa shape index (κ3) is 5.82. The molecule has 0 radical (unpaired) electrons. The van der Waals surface area contributed by atoms with Gasteiger partial charge >= 0.3 is 0 Å². The van der Waals surface area contributed by atoms with Crippen molar-refractivity contribution >= 4 is 45.0 Å². The Bertz CT molecular complexity index is 1210. The maximum Gasteiger partial charge on any atom is 0.244 e. The van der Waals surface area contributed by atoms with Crippen LogP contribution in [-0.2, 0) is 19.6 Å². The second-order valence-corrected chi connectivity index (χ2v) is 12.5. The Kier molecular flexibility index (Phi) is 7.73. The van der Waals surface area contributed by atoms with Crippen LogP contribution >= 0.6 is 11.8 Å². The molecular formula is C25H31N3O5S2. The fourth-order valence-corrected chi connectivity index (χ4v) is 6.90. The molecule has 35 heavy (non-hydrogen) atoms. The minimum absolute atomic E-state index is 0.00117. The molecule has 0 aliphatic carbocycles. The average molecular weight is 518 g/mol. The fraction of sp³-hybridized carbons (Fsp3) is 0.440. The number of methoxy groups -OCH3 is 1. The number of anilines is 2. The number of carbonyl (C=O) groups is 2. The second kappa shape index (κ2) is 10.6. The van der Waals surface area contributed by atoms with Crippen LogP contribution in [0.4, 0.5) is 11.4 Å². The van der Waals surface area contributed by atoms with E-state index in [1.54, 1.807) is 49.6 Å². The first-order valence-electron chi connectivity index (χ1n) is 11.7. The maximum atomic E-state index is 13.4. The first kappa shape index (κ1) is 25.5. The third-order valence-corrected chi connectivity index (χ3v) is 9.41. The second-order valence-electron chi connectivity index (χ2n) is 9.11. The number of sulfonamides is 1. The smallest absolute Gasteiger partial charge is 0.244 e. The number of fused-ring (bicyclic) bond motifs is 1. The summed E-state index contributed by atoms with van der Waals surface area (Å²) in [6, 6.07) is 11.9. The van der Waals surface area contributed by atoms with Gasteiger partial charge in [-0.15, -0.1) is 11.8 Å². The highest BCUT2D eigenvalue weighted by Gasteiger charge is 2.32. The van der Waals surface area contributed by atoms with E-state index in [-0.39, 0.29) is 34.9 Å². The van der Waals surface area contributed by atoms with Crippen LogP contribution in [0.25, 0.3) is 0 Å². The first-order chi connectivity index (χ1) is 16.7. The molecule has 1 fully saturated rings. The topological polar surface area (TPSA) is 96.0 Å². The van der Waals surface area contributed by atoms with Gasteiger partial charge in [0, 0.05) is 41.4 Å². The predicted molar refractivity (Wildman–Crippen MR) is 138 cm³/mol. The van der Waals surface area contributed by atoms with Gasteiger partial charge in [-0.2, -0.15) is 4.31 Å². The SMILES string of the molecule is COc1cccc(NC(=O)CN2C(=O)C[C@@H](C)Sc3ccc(S(=O)(=O)N4CCC(C)CC4)cc32)c1. The summed E-state index contributed by atoms with van der Waals surface area (Å²) in [5.41, 5.74) is 1.01. The van der Waals surface area contributed by atoms with Crippen molar-refractivity contribution in [2.24, 2.45) is 5.92 Å². The molecule has 10 heteroatoms. The monoisotopic (exact) mass is 517 g/mol. The number of rotatable bonds is 6. The fourth-order valence-electron chi connectivity index (χ4n) is 4.31. The predicted octanol–water partition coefficient (Wildman–Crippen LogP) is 3.97. The highest BCUT2D eigenvalue weighted by Crippen LogP contribution is 2.40. The molecule has 8 nitrogen and oxygen atoms in total. The van der Waals surface area contributed by atoms with Gasteiger partial charge in [0.25, 0.3) is 0 Å². The Morgan fingerprint density at radius 3 is 2.60 bits per heavy atom. The Balaban J connectivity index is 1.62. The Hall–Kier alpha value is -2.56. The van der Waals surface area contributed by atoms with E-state index in [0.29, 0.717) is 36.1 Å². The van der Waals surface area contributed by atoms with E-state index in [1.807, 2.05) is 6.92 Å². The van der Waals surface area contributed by atoms with Crippen molar-refractivity contribution in [1.29, 1.82) is 0 Å².